The number of halogens is 1. The molecule has 0 spiro atoms. The van der Waals surface area contributed by atoms with E-state index in [9.17, 15) is 4.79 Å². The number of piperazine rings is 1. The van der Waals surface area contributed by atoms with Gasteiger partial charge in [-0.05, 0) is 11.6 Å². The van der Waals surface area contributed by atoms with E-state index < -0.39 is 0 Å². The maximum atomic E-state index is 10.6. The molecular weight excluding hydrogens is 248 g/mol. The van der Waals surface area contributed by atoms with Gasteiger partial charge in [-0.3, -0.25) is 9.69 Å². The quantitative estimate of drug-likeness (QED) is 0.777. The number of hydrogen-bond donors (Lipinski definition) is 0. The van der Waals surface area contributed by atoms with Crippen LogP contribution >= 0.6 is 11.6 Å². The molecular formula is C14H17ClN2O. The first-order chi connectivity index (χ1) is 8.78. The minimum absolute atomic E-state index is 0.753. The molecule has 1 saturated heterocycles. The van der Waals surface area contributed by atoms with Gasteiger partial charge in [0, 0.05) is 37.8 Å². The fourth-order valence-electron chi connectivity index (χ4n) is 2.02. The zero-order valence-corrected chi connectivity index (χ0v) is 11.0. The van der Waals surface area contributed by atoms with Crippen LogP contribution in [0.5, 0.6) is 0 Å². The largest absolute Gasteiger partial charge is 0.343 e. The Balaban J connectivity index is 1.86. The van der Waals surface area contributed by atoms with Gasteiger partial charge >= 0.3 is 0 Å². The summed E-state index contributed by atoms with van der Waals surface area (Å²) in [5, 5.41) is 0.834. The standard InChI is InChI=1S/C14H17ClN2O/c15-14(10-13-4-2-1-3-5-13)11-16-6-8-17(12-18)9-7-16/h1-5,10,12H,6-9,11H2/b14-10-. The van der Waals surface area contributed by atoms with Crippen molar-refractivity contribution in [3.05, 3.63) is 40.9 Å². The SMILES string of the molecule is O=CN1CCN(C/C(Cl)=C/c2ccccc2)CC1. The lowest BCUT2D eigenvalue weighted by Crippen LogP contribution is -2.45. The van der Waals surface area contributed by atoms with Crippen LogP contribution in [0, 0.1) is 0 Å². The summed E-state index contributed by atoms with van der Waals surface area (Å²) >= 11 is 6.26. The van der Waals surface area contributed by atoms with Crippen molar-refractivity contribution in [2.45, 2.75) is 0 Å². The van der Waals surface area contributed by atoms with E-state index in [4.69, 9.17) is 11.6 Å². The summed E-state index contributed by atoms with van der Waals surface area (Å²) < 4.78 is 0. The molecule has 3 nitrogen and oxygen atoms in total. The molecule has 1 aromatic carbocycles. The monoisotopic (exact) mass is 264 g/mol. The molecule has 0 aliphatic carbocycles. The van der Waals surface area contributed by atoms with E-state index in [0.29, 0.717) is 0 Å². The number of benzene rings is 1. The Morgan fingerprint density at radius 2 is 1.83 bits per heavy atom. The number of hydrogen-bond acceptors (Lipinski definition) is 2. The Bertz CT molecular complexity index is 411. The minimum Gasteiger partial charge on any atom is -0.343 e. The molecule has 4 heteroatoms. The lowest BCUT2D eigenvalue weighted by molar-refractivity contribution is -0.119. The van der Waals surface area contributed by atoms with Gasteiger partial charge in [-0.15, -0.1) is 0 Å². The van der Waals surface area contributed by atoms with Crippen LogP contribution in [-0.2, 0) is 4.79 Å². The van der Waals surface area contributed by atoms with E-state index >= 15 is 0 Å². The van der Waals surface area contributed by atoms with Gasteiger partial charge < -0.3 is 4.90 Å². The van der Waals surface area contributed by atoms with Crippen LogP contribution in [0.4, 0.5) is 0 Å². The van der Waals surface area contributed by atoms with Crippen molar-refractivity contribution in [2.75, 3.05) is 32.7 Å². The highest BCUT2D eigenvalue weighted by Gasteiger charge is 2.15. The Kier molecular flexibility index (Phi) is 4.79. The summed E-state index contributed by atoms with van der Waals surface area (Å²) in [6.07, 6.45) is 2.91. The molecule has 0 radical (unpaired) electrons. The molecule has 0 bridgehead atoms. The molecule has 1 aliphatic rings. The second-order valence-corrected chi connectivity index (χ2v) is 4.90. The summed E-state index contributed by atoms with van der Waals surface area (Å²) in [6, 6.07) is 10.1. The molecule has 18 heavy (non-hydrogen) atoms. The van der Waals surface area contributed by atoms with E-state index in [1.165, 1.54) is 0 Å². The average molecular weight is 265 g/mol. The van der Waals surface area contributed by atoms with Gasteiger partial charge in [0.25, 0.3) is 0 Å². The van der Waals surface area contributed by atoms with Crippen LogP contribution in [0.2, 0.25) is 0 Å². The number of rotatable bonds is 4. The second-order valence-electron chi connectivity index (χ2n) is 4.42. The zero-order chi connectivity index (χ0) is 12.8. The topological polar surface area (TPSA) is 23.6 Å². The average Bonchev–Trinajstić information content (AvgIpc) is 2.40. The van der Waals surface area contributed by atoms with E-state index in [-0.39, 0.29) is 0 Å². The summed E-state index contributed by atoms with van der Waals surface area (Å²) in [6.45, 7) is 4.11. The van der Waals surface area contributed by atoms with Crippen LogP contribution in [-0.4, -0.2) is 48.9 Å². The van der Waals surface area contributed by atoms with Gasteiger partial charge in [0.1, 0.15) is 0 Å². The van der Waals surface area contributed by atoms with Crippen molar-refractivity contribution in [1.82, 2.24) is 9.80 Å². The first-order valence-electron chi connectivity index (χ1n) is 6.11. The van der Waals surface area contributed by atoms with E-state index in [1.807, 2.05) is 36.4 Å². The Hall–Kier alpha value is -1.32. The highest BCUT2D eigenvalue weighted by Crippen LogP contribution is 2.12. The van der Waals surface area contributed by atoms with E-state index in [1.54, 1.807) is 4.90 Å². The summed E-state index contributed by atoms with van der Waals surface area (Å²) in [5.74, 6) is 0. The normalized spacial score (nSPS) is 17.8. The lowest BCUT2D eigenvalue weighted by Gasteiger charge is -2.32. The molecule has 0 aromatic heterocycles. The van der Waals surface area contributed by atoms with Crippen LogP contribution in [0.15, 0.2) is 35.4 Å². The summed E-state index contributed by atoms with van der Waals surface area (Å²) in [7, 11) is 0. The summed E-state index contributed by atoms with van der Waals surface area (Å²) in [4.78, 5) is 14.7. The molecule has 0 saturated carbocycles. The Morgan fingerprint density at radius 3 is 2.44 bits per heavy atom. The smallest absolute Gasteiger partial charge is 0.209 e. The van der Waals surface area contributed by atoms with Gasteiger partial charge in [-0.1, -0.05) is 41.9 Å². The molecule has 1 fully saturated rings. The predicted molar refractivity (Wildman–Crippen MR) is 74.3 cm³/mol. The van der Waals surface area contributed by atoms with Crippen molar-refractivity contribution >= 4 is 24.1 Å². The van der Waals surface area contributed by atoms with Gasteiger partial charge in [-0.25, -0.2) is 0 Å². The van der Waals surface area contributed by atoms with Crippen molar-refractivity contribution in [3.63, 3.8) is 0 Å². The van der Waals surface area contributed by atoms with E-state index in [2.05, 4.69) is 4.90 Å². The number of carbonyl (C=O) groups excluding carboxylic acids is 1. The Morgan fingerprint density at radius 1 is 1.17 bits per heavy atom. The highest BCUT2D eigenvalue weighted by atomic mass is 35.5. The highest BCUT2D eigenvalue weighted by molar-refractivity contribution is 6.31. The van der Waals surface area contributed by atoms with Crippen molar-refractivity contribution in [2.24, 2.45) is 0 Å². The van der Waals surface area contributed by atoms with Crippen LogP contribution in [0.25, 0.3) is 6.08 Å². The van der Waals surface area contributed by atoms with Crippen LogP contribution in [0.1, 0.15) is 5.56 Å². The van der Waals surface area contributed by atoms with Gasteiger partial charge in [-0.2, -0.15) is 0 Å². The predicted octanol–water partition coefficient (Wildman–Crippen LogP) is 2.04. The lowest BCUT2D eigenvalue weighted by atomic mass is 10.2. The van der Waals surface area contributed by atoms with Crippen LogP contribution < -0.4 is 0 Å². The third kappa shape index (κ3) is 3.86. The van der Waals surface area contributed by atoms with Crippen molar-refractivity contribution in [1.29, 1.82) is 0 Å². The maximum absolute atomic E-state index is 10.6. The van der Waals surface area contributed by atoms with Crippen molar-refractivity contribution < 1.29 is 4.79 Å². The van der Waals surface area contributed by atoms with Gasteiger partial charge in [0.2, 0.25) is 6.41 Å². The van der Waals surface area contributed by atoms with Gasteiger partial charge in [0.05, 0.1) is 0 Å². The Labute approximate surface area is 113 Å². The molecule has 0 atom stereocenters. The number of nitrogens with zero attached hydrogens (tertiary/aromatic N) is 2. The molecule has 2 rings (SSSR count). The molecule has 1 aliphatic heterocycles. The third-order valence-electron chi connectivity index (χ3n) is 3.05. The first-order valence-corrected chi connectivity index (χ1v) is 6.48. The number of amides is 1. The fourth-order valence-corrected chi connectivity index (χ4v) is 2.31. The molecule has 1 amide bonds. The van der Waals surface area contributed by atoms with Crippen LogP contribution in [0.3, 0.4) is 0 Å². The molecule has 1 aromatic rings. The minimum atomic E-state index is 0.753. The molecule has 0 N–H and O–H groups in total. The fraction of sp³-hybridized carbons (Fsp3) is 0.357. The zero-order valence-electron chi connectivity index (χ0n) is 10.3. The molecule has 0 unspecified atom stereocenters. The second kappa shape index (κ2) is 6.57. The molecule has 96 valence electrons. The first kappa shape index (κ1) is 13.1. The van der Waals surface area contributed by atoms with E-state index in [0.717, 1.165) is 49.7 Å². The summed E-state index contributed by atoms with van der Waals surface area (Å²) in [5.41, 5.74) is 1.12. The maximum Gasteiger partial charge on any atom is 0.209 e. The third-order valence-corrected chi connectivity index (χ3v) is 3.28. The number of carbonyl (C=O) groups is 1. The van der Waals surface area contributed by atoms with Gasteiger partial charge in [0.15, 0.2) is 0 Å². The molecule has 1 heterocycles. The van der Waals surface area contributed by atoms with Crippen molar-refractivity contribution in [3.8, 4) is 0 Å².